The lowest BCUT2D eigenvalue weighted by molar-refractivity contribution is -0.121. The van der Waals surface area contributed by atoms with Gasteiger partial charge in [-0.15, -0.1) is 0 Å². The molecule has 0 spiro atoms. The Kier molecular flexibility index (Phi) is 3.38. The van der Waals surface area contributed by atoms with Gasteiger partial charge in [0.05, 0.1) is 11.7 Å². The molecule has 0 aliphatic carbocycles. The van der Waals surface area contributed by atoms with Gasteiger partial charge in [0.2, 0.25) is 5.91 Å². The van der Waals surface area contributed by atoms with Crippen LogP contribution in [0.5, 0.6) is 0 Å². The molecule has 2 amide bonds. The molecule has 2 atom stereocenters. The molecule has 0 radical (unpaired) electrons. The van der Waals surface area contributed by atoms with E-state index in [1.807, 2.05) is 0 Å². The summed E-state index contributed by atoms with van der Waals surface area (Å²) >= 11 is 0. The van der Waals surface area contributed by atoms with E-state index >= 15 is 0 Å². The van der Waals surface area contributed by atoms with Crippen molar-refractivity contribution in [2.45, 2.75) is 25.5 Å². The second kappa shape index (κ2) is 4.81. The molecule has 1 aromatic heterocycles. The van der Waals surface area contributed by atoms with Crippen LogP contribution in [0.25, 0.3) is 0 Å². The van der Waals surface area contributed by atoms with Gasteiger partial charge in [0, 0.05) is 20.1 Å². The van der Waals surface area contributed by atoms with Crippen LogP contribution < -0.4 is 5.73 Å². The number of hydrogen-bond acceptors (Lipinski definition) is 4. The summed E-state index contributed by atoms with van der Waals surface area (Å²) in [6.45, 7) is 2.12. The highest BCUT2D eigenvalue weighted by molar-refractivity contribution is 5.97. The molecule has 1 aromatic rings. The number of rotatable bonds is 3. The van der Waals surface area contributed by atoms with Crippen molar-refractivity contribution < 1.29 is 18.7 Å². The first-order valence-corrected chi connectivity index (χ1v) is 5.71. The van der Waals surface area contributed by atoms with Crippen LogP contribution in [-0.2, 0) is 9.53 Å². The Bertz CT molecular complexity index is 468. The molecule has 1 aliphatic rings. The summed E-state index contributed by atoms with van der Waals surface area (Å²) in [5, 5.41) is 0. The van der Waals surface area contributed by atoms with Gasteiger partial charge < -0.3 is 19.8 Å². The fourth-order valence-corrected chi connectivity index (χ4v) is 2.18. The zero-order valence-corrected chi connectivity index (χ0v) is 10.4. The Balaban J connectivity index is 2.20. The van der Waals surface area contributed by atoms with Crippen molar-refractivity contribution >= 4 is 11.8 Å². The summed E-state index contributed by atoms with van der Waals surface area (Å²) in [6.07, 6.45) is 1.67. The molecule has 6 nitrogen and oxygen atoms in total. The molecule has 18 heavy (non-hydrogen) atoms. The number of ether oxygens (including phenoxy) is 1. The van der Waals surface area contributed by atoms with Gasteiger partial charge in [0.15, 0.2) is 0 Å². The molecule has 0 unspecified atom stereocenters. The first-order chi connectivity index (χ1) is 8.52. The van der Waals surface area contributed by atoms with Gasteiger partial charge in [-0.05, 0) is 13.0 Å². The lowest BCUT2D eigenvalue weighted by atomic mass is 10.2. The largest absolute Gasteiger partial charge is 0.469 e. The second-order valence-electron chi connectivity index (χ2n) is 4.42. The second-order valence-corrected chi connectivity index (χ2v) is 4.42. The number of carbonyl (C=O) groups excluding carboxylic acids is 2. The summed E-state index contributed by atoms with van der Waals surface area (Å²) in [7, 11) is 1.55. The number of methoxy groups -OCH3 is 1. The summed E-state index contributed by atoms with van der Waals surface area (Å²) < 4.78 is 10.3. The molecule has 2 rings (SSSR count). The van der Waals surface area contributed by atoms with Crippen molar-refractivity contribution in [1.82, 2.24) is 4.90 Å². The number of aryl methyl sites for hydroxylation is 1. The third-order valence-corrected chi connectivity index (χ3v) is 3.16. The SMILES string of the molecule is CO[C@H]1C[C@@H](C(N)=O)N(C(=O)c2coc(C)c2)C1. The number of hydrogen-bond donors (Lipinski definition) is 1. The van der Waals surface area contributed by atoms with Gasteiger partial charge in [-0.3, -0.25) is 9.59 Å². The number of furan rings is 1. The Morgan fingerprint density at radius 3 is 2.78 bits per heavy atom. The molecule has 1 aliphatic heterocycles. The number of likely N-dealkylation sites (tertiary alicyclic amines) is 1. The minimum absolute atomic E-state index is 0.153. The lowest BCUT2D eigenvalue weighted by Crippen LogP contribution is -2.43. The van der Waals surface area contributed by atoms with Crippen molar-refractivity contribution in [2.75, 3.05) is 13.7 Å². The Labute approximate surface area is 105 Å². The van der Waals surface area contributed by atoms with Crippen LogP contribution in [0, 0.1) is 6.92 Å². The van der Waals surface area contributed by atoms with Crippen LogP contribution in [0.2, 0.25) is 0 Å². The summed E-state index contributed by atoms with van der Waals surface area (Å²) in [5.41, 5.74) is 5.74. The molecular weight excluding hydrogens is 236 g/mol. The number of nitrogens with two attached hydrogens (primary N) is 1. The van der Waals surface area contributed by atoms with E-state index in [0.717, 1.165) is 0 Å². The predicted octanol–water partition coefficient (Wildman–Crippen LogP) is 0.303. The number of primary amides is 1. The maximum Gasteiger partial charge on any atom is 0.257 e. The average Bonchev–Trinajstić information content (AvgIpc) is 2.93. The smallest absolute Gasteiger partial charge is 0.257 e. The summed E-state index contributed by atoms with van der Waals surface area (Å²) in [5.74, 6) is -0.116. The molecular formula is C12H16N2O4. The third kappa shape index (κ3) is 2.24. The fraction of sp³-hybridized carbons (Fsp3) is 0.500. The number of nitrogens with zero attached hydrogens (tertiary/aromatic N) is 1. The van der Waals surface area contributed by atoms with E-state index in [1.54, 1.807) is 20.1 Å². The van der Waals surface area contributed by atoms with Gasteiger partial charge in [0.25, 0.3) is 5.91 Å². The zero-order valence-electron chi connectivity index (χ0n) is 10.4. The molecule has 1 fully saturated rings. The Hall–Kier alpha value is -1.82. The van der Waals surface area contributed by atoms with Crippen LogP contribution in [-0.4, -0.2) is 42.5 Å². The topological polar surface area (TPSA) is 85.8 Å². The molecule has 0 saturated carbocycles. The average molecular weight is 252 g/mol. The summed E-state index contributed by atoms with van der Waals surface area (Å²) in [4.78, 5) is 25.0. The van der Waals surface area contributed by atoms with E-state index in [9.17, 15) is 9.59 Å². The minimum atomic E-state index is -0.613. The van der Waals surface area contributed by atoms with E-state index in [-0.39, 0.29) is 12.0 Å². The van der Waals surface area contributed by atoms with Gasteiger partial charge in [-0.25, -0.2) is 0 Å². The standard InChI is InChI=1S/C12H16N2O4/c1-7-3-8(6-18-7)12(16)14-5-9(17-2)4-10(14)11(13)15/h3,6,9-10H,4-5H2,1-2H3,(H2,13,15)/t9-,10-/m0/s1. The van der Waals surface area contributed by atoms with Crippen LogP contribution >= 0.6 is 0 Å². The minimum Gasteiger partial charge on any atom is -0.469 e. The first kappa shape index (κ1) is 12.6. The molecule has 2 N–H and O–H groups in total. The van der Waals surface area contributed by atoms with Crippen LogP contribution in [0.1, 0.15) is 22.5 Å². The number of carbonyl (C=O) groups is 2. The van der Waals surface area contributed by atoms with Crippen LogP contribution in [0.3, 0.4) is 0 Å². The molecule has 2 heterocycles. The molecule has 98 valence electrons. The van der Waals surface area contributed by atoms with Crippen molar-refractivity contribution in [3.63, 3.8) is 0 Å². The lowest BCUT2D eigenvalue weighted by Gasteiger charge is -2.20. The summed E-state index contributed by atoms with van der Waals surface area (Å²) in [6, 6.07) is 1.03. The quantitative estimate of drug-likeness (QED) is 0.838. The van der Waals surface area contributed by atoms with E-state index in [2.05, 4.69) is 0 Å². The van der Waals surface area contributed by atoms with Crippen molar-refractivity contribution in [3.8, 4) is 0 Å². The molecule has 0 aromatic carbocycles. The fourth-order valence-electron chi connectivity index (χ4n) is 2.18. The van der Waals surface area contributed by atoms with Gasteiger partial charge >= 0.3 is 0 Å². The van der Waals surface area contributed by atoms with Gasteiger partial charge in [-0.2, -0.15) is 0 Å². The highest BCUT2D eigenvalue weighted by Crippen LogP contribution is 2.22. The third-order valence-electron chi connectivity index (χ3n) is 3.16. The maximum absolute atomic E-state index is 12.2. The van der Waals surface area contributed by atoms with Crippen molar-refractivity contribution in [3.05, 3.63) is 23.7 Å². The highest BCUT2D eigenvalue weighted by Gasteiger charge is 2.39. The first-order valence-electron chi connectivity index (χ1n) is 5.71. The van der Waals surface area contributed by atoms with Gasteiger partial charge in [0.1, 0.15) is 18.1 Å². The highest BCUT2D eigenvalue weighted by atomic mass is 16.5. The van der Waals surface area contributed by atoms with E-state index in [1.165, 1.54) is 11.2 Å². The van der Waals surface area contributed by atoms with Crippen molar-refractivity contribution in [2.24, 2.45) is 5.73 Å². The number of amides is 2. The van der Waals surface area contributed by atoms with Crippen LogP contribution in [0.15, 0.2) is 16.7 Å². The predicted molar refractivity (Wildman–Crippen MR) is 62.9 cm³/mol. The molecule has 1 saturated heterocycles. The van der Waals surface area contributed by atoms with E-state index < -0.39 is 11.9 Å². The van der Waals surface area contributed by atoms with Gasteiger partial charge in [-0.1, -0.05) is 0 Å². The van der Waals surface area contributed by atoms with Crippen LogP contribution in [0.4, 0.5) is 0 Å². The monoisotopic (exact) mass is 252 g/mol. The molecule has 6 heteroatoms. The van der Waals surface area contributed by atoms with E-state index in [4.69, 9.17) is 14.9 Å². The Morgan fingerprint density at radius 2 is 2.28 bits per heavy atom. The normalized spacial score (nSPS) is 23.3. The zero-order chi connectivity index (χ0) is 13.3. The van der Waals surface area contributed by atoms with E-state index in [0.29, 0.717) is 24.3 Å². The molecule has 0 bridgehead atoms. The maximum atomic E-state index is 12.2. The Morgan fingerprint density at radius 1 is 1.56 bits per heavy atom. The van der Waals surface area contributed by atoms with Crippen molar-refractivity contribution in [1.29, 1.82) is 0 Å².